The van der Waals surface area contributed by atoms with Gasteiger partial charge in [-0.3, -0.25) is 4.79 Å². The number of methoxy groups -OCH3 is 1. The molecule has 126 valence electrons. The second-order valence-corrected chi connectivity index (χ2v) is 5.35. The number of nitrogens with one attached hydrogen (secondary N) is 1. The molecule has 7 nitrogen and oxygen atoms in total. The van der Waals surface area contributed by atoms with Gasteiger partial charge in [-0.2, -0.15) is 0 Å². The van der Waals surface area contributed by atoms with Crippen LogP contribution < -0.4 is 10.1 Å². The first-order chi connectivity index (χ1) is 10.9. The van der Waals surface area contributed by atoms with Crippen molar-refractivity contribution in [1.29, 1.82) is 0 Å². The summed E-state index contributed by atoms with van der Waals surface area (Å²) in [6, 6.07) is 7.15. The highest BCUT2D eigenvalue weighted by Gasteiger charge is 2.42. The fraction of sp³-hybridized carbons (Fsp3) is 0.438. The van der Waals surface area contributed by atoms with Gasteiger partial charge >= 0.3 is 0 Å². The molecule has 5 atom stereocenters. The normalized spacial score (nSPS) is 31.1. The van der Waals surface area contributed by atoms with Crippen molar-refractivity contribution >= 4 is 12.0 Å². The molecule has 1 fully saturated rings. The second-order valence-electron chi connectivity index (χ2n) is 5.35. The molecule has 2 rings (SSSR count). The van der Waals surface area contributed by atoms with Crippen molar-refractivity contribution in [3.63, 3.8) is 0 Å². The van der Waals surface area contributed by atoms with Crippen LogP contribution in [0.15, 0.2) is 30.3 Å². The van der Waals surface area contributed by atoms with Crippen LogP contribution in [0.1, 0.15) is 12.5 Å². The van der Waals surface area contributed by atoms with Crippen LogP contribution in [0.5, 0.6) is 5.75 Å². The van der Waals surface area contributed by atoms with Gasteiger partial charge in [-0.15, -0.1) is 0 Å². The number of carbonyl (C=O) groups excluding carboxylic acids is 1. The zero-order valence-corrected chi connectivity index (χ0v) is 12.9. The molecule has 0 spiro atoms. The summed E-state index contributed by atoms with van der Waals surface area (Å²) in [6.45, 7) is 1.55. The number of ether oxygens (including phenoxy) is 2. The molecule has 4 N–H and O–H groups in total. The van der Waals surface area contributed by atoms with Gasteiger partial charge in [-0.1, -0.05) is 12.1 Å². The summed E-state index contributed by atoms with van der Waals surface area (Å²) >= 11 is 0. The molecule has 1 amide bonds. The summed E-state index contributed by atoms with van der Waals surface area (Å²) in [7, 11) is 1.55. The van der Waals surface area contributed by atoms with E-state index in [1.54, 1.807) is 44.4 Å². The van der Waals surface area contributed by atoms with E-state index >= 15 is 0 Å². The fourth-order valence-corrected chi connectivity index (χ4v) is 2.28. The standard InChI is InChI=1S/C16H21NO6/c1-9-13(19)14(20)15(21)16(23-9)17-12(18)7-6-10-4-3-5-11(8-10)22-2/h3-9,13-16,19-21H,1-2H3,(H,17,18)/b7-6+/t9?,13-,14?,15-,16-/m0/s1. The lowest BCUT2D eigenvalue weighted by Gasteiger charge is -2.39. The first-order valence-corrected chi connectivity index (χ1v) is 7.24. The Labute approximate surface area is 134 Å². The zero-order chi connectivity index (χ0) is 17.0. The van der Waals surface area contributed by atoms with Crippen LogP contribution in [-0.4, -0.2) is 59.0 Å². The number of carbonyl (C=O) groups is 1. The van der Waals surface area contributed by atoms with Crippen LogP contribution in [0.2, 0.25) is 0 Å². The number of hydrogen-bond donors (Lipinski definition) is 4. The van der Waals surface area contributed by atoms with E-state index in [0.29, 0.717) is 5.75 Å². The Kier molecular flexibility index (Phi) is 5.73. The second kappa shape index (κ2) is 7.56. The lowest BCUT2D eigenvalue weighted by molar-refractivity contribution is -0.224. The molecule has 1 aromatic rings. The monoisotopic (exact) mass is 323 g/mol. The predicted molar refractivity (Wildman–Crippen MR) is 82.5 cm³/mol. The number of hydrogen-bond acceptors (Lipinski definition) is 6. The highest BCUT2D eigenvalue weighted by Crippen LogP contribution is 2.19. The summed E-state index contributed by atoms with van der Waals surface area (Å²) in [5.41, 5.74) is 0.772. The molecular formula is C16H21NO6. The van der Waals surface area contributed by atoms with Gasteiger partial charge < -0.3 is 30.1 Å². The average Bonchev–Trinajstić information content (AvgIpc) is 2.56. The Hall–Kier alpha value is -1.93. The van der Waals surface area contributed by atoms with E-state index in [0.717, 1.165) is 5.56 Å². The molecule has 1 saturated heterocycles. The Bertz CT molecular complexity index is 575. The molecule has 0 aromatic heterocycles. The van der Waals surface area contributed by atoms with Crippen LogP contribution in [0.25, 0.3) is 6.08 Å². The van der Waals surface area contributed by atoms with Crippen LogP contribution in [0.3, 0.4) is 0 Å². The van der Waals surface area contributed by atoms with Gasteiger partial charge in [0.15, 0.2) is 6.23 Å². The van der Waals surface area contributed by atoms with Crippen molar-refractivity contribution in [2.75, 3.05) is 7.11 Å². The Morgan fingerprint density at radius 3 is 2.70 bits per heavy atom. The number of aliphatic hydroxyl groups is 3. The summed E-state index contributed by atoms with van der Waals surface area (Å²) in [4.78, 5) is 11.9. The lowest BCUT2D eigenvalue weighted by Crippen LogP contribution is -2.61. The van der Waals surface area contributed by atoms with E-state index < -0.39 is 36.6 Å². The van der Waals surface area contributed by atoms with Crippen molar-refractivity contribution in [1.82, 2.24) is 5.32 Å². The topological polar surface area (TPSA) is 108 Å². The van der Waals surface area contributed by atoms with Crippen LogP contribution in [0.4, 0.5) is 0 Å². The van der Waals surface area contributed by atoms with Crippen LogP contribution in [0, 0.1) is 0 Å². The van der Waals surface area contributed by atoms with E-state index in [2.05, 4.69) is 5.32 Å². The summed E-state index contributed by atoms with van der Waals surface area (Å²) in [5, 5.41) is 31.6. The molecule has 7 heteroatoms. The smallest absolute Gasteiger partial charge is 0.246 e. The number of amides is 1. The molecule has 1 aliphatic heterocycles. The van der Waals surface area contributed by atoms with E-state index in [4.69, 9.17) is 9.47 Å². The van der Waals surface area contributed by atoms with Crippen LogP contribution in [-0.2, 0) is 9.53 Å². The van der Waals surface area contributed by atoms with Gasteiger partial charge in [0.2, 0.25) is 5.91 Å². The molecule has 1 heterocycles. The van der Waals surface area contributed by atoms with E-state index in [1.807, 2.05) is 0 Å². The van der Waals surface area contributed by atoms with E-state index in [1.165, 1.54) is 6.08 Å². The fourth-order valence-electron chi connectivity index (χ4n) is 2.28. The summed E-state index contributed by atoms with van der Waals surface area (Å²) in [6.07, 6.45) is -2.92. The molecule has 0 aliphatic carbocycles. The lowest BCUT2D eigenvalue weighted by atomic mass is 9.99. The van der Waals surface area contributed by atoms with Gasteiger partial charge in [0.25, 0.3) is 0 Å². The minimum Gasteiger partial charge on any atom is -0.497 e. The van der Waals surface area contributed by atoms with E-state index in [-0.39, 0.29) is 0 Å². The van der Waals surface area contributed by atoms with Crippen molar-refractivity contribution < 1.29 is 29.6 Å². The molecule has 1 aliphatic rings. The third-order valence-electron chi connectivity index (χ3n) is 3.66. The highest BCUT2D eigenvalue weighted by atomic mass is 16.5. The first-order valence-electron chi connectivity index (χ1n) is 7.24. The minimum atomic E-state index is -1.41. The van der Waals surface area contributed by atoms with Gasteiger partial charge in [0, 0.05) is 6.08 Å². The largest absolute Gasteiger partial charge is 0.497 e. The maximum atomic E-state index is 11.9. The van der Waals surface area contributed by atoms with Crippen molar-refractivity contribution in [2.24, 2.45) is 0 Å². The maximum absolute atomic E-state index is 11.9. The van der Waals surface area contributed by atoms with Crippen LogP contribution >= 0.6 is 0 Å². The molecule has 0 radical (unpaired) electrons. The van der Waals surface area contributed by atoms with Gasteiger partial charge in [0.1, 0.15) is 24.1 Å². The molecule has 23 heavy (non-hydrogen) atoms. The average molecular weight is 323 g/mol. The van der Waals surface area contributed by atoms with Gasteiger partial charge in [0.05, 0.1) is 13.2 Å². The van der Waals surface area contributed by atoms with Crippen molar-refractivity contribution in [3.8, 4) is 5.75 Å². The third kappa shape index (κ3) is 4.29. The quantitative estimate of drug-likeness (QED) is 0.564. The third-order valence-corrected chi connectivity index (χ3v) is 3.66. The number of benzene rings is 1. The Balaban J connectivity index is 1.97. The molecule has 0 saturated carbocycles. The highest BCUT2D eigenvalue weighted by molar-refractivity contribution is 5.91. The van der Waals surface area contributed by atoms with Gasteiger partial charge in [-0.05, 0) is 30.7 Å². The summed E-state index contributed by atoms with van der Waals surface area (Å²) < 4.78 is 10.4. The van der Waals surface area contributed by atoms with E-state index in [9.17, 15) is 20.1 Å². The number of aliphatic hydroxyl groups excluding tert-OH is 3. The first kappa shape index (κ1) is 17.4. The SMILES string of the molecule is COc1cccc(/C=C/C(=O)N[C@H]2OC(C)[C@H](O)C(O)[C@@H]2O)c1. The van der Waals surface area contributed by atoms with Gasteiger partial charge in [-0.25, -0.2) is 0 Å². The maximum Gasteiger partial charge on any atom is 0.246 e. The van der Waals surface area contributed by atoms with Crippen molar-refractivity contribution in [3.05, 3.63) is 35.9 Å². The summed E-state index contributed by atoms with van der Waals surface area (Å²) in [5.74, 6) is 0.178. The molecule has 1 aromatic carbocycles. The Morgan fingerprint density at radius 1 is 1.26 bits per heavy atom. The molecular weight excluding hydrogens is 302 g/mol. The zero-order valence-electron chi connectivity index (χ0n) is 12.9. The minimum absolute atomic E-state index is 0.493. The van der Waals surface area contributed by atoms with Crippen molar-refractivity contribution in [2.45, 2.75) is 37.6 Å². The Morgan fingerprint density at radius 2 is 2.00 bits per heavy atom. The number of rotatable bonds is 4. The molecule has 2 unspecified atom stereocenters. The molecule has 0 bridgehead atoms. The predicted octanol–water partition coefficient (Wildman–Crippen LogP) is -0.348.